The lowest BCUT2D eigenvalue weighted by molar-refractivity contribution is 0.249. The molecule has 0 saturated carbocycles. The largest absolute Gasteiger partial charge is 0.501 e. The van der Waals surface area contributed by atoms with Gasteiger partial charge in [-0.3, -0.25) is 0 Å². The van der Waals surface area contributed by atoms with E-state index in [1.54, 1.807) is 0 Å². The fourth-order valence-electron chi connectivity index (χ4n) is 2.44. The van der Waals surface area contributed by atoms with Crippen molar-refractivity contribution in [2.24, 2.45) is 0 Å². The third kappa shape index (κ3) is 10.2. The van der Waals surface area contributed by atoms with Gasteiger partial charge in [-0.25, -0.2) is 0 Å². The van der Waals surface area contributed by atoms with Gasteiger partial charge in [-0.15, -0.1) is 0 Å². The van der Waals surface area contributed by atoms with Crippen LogP contribution in [0.4, 0.5) is 0 Å². The second-order valence-electron chi connectivity index (χ2n) is 5.94. The lowest BCUT2D eigenvalue weighted by Gasteiger charge is -2.05. The number of benzene rings is 1. The smallest absolute Gasteiger partial charge is 0.0913 e. The van der Waals surface area contributed by atoms with Crippen LogP contribution in [-0.2, 0) is 11.2 Å². The van der Waals surface area contributed by atoms with Gasteiger partial charge in [-0.1, -0.05) is 75.8 Å². The van der Waals surface area contributed by atoms with Crippen molar-refractivity contribution >= 4 is 0 Å². The zero-order valence-electron chi connectivity index (χ0n) is 13.9. The molecular weight excluding hydrogens is 256 g/mol. The van der Waals surface area contributed by atoms with Crippen molar-refractivity contribution in [1.82, 2.24) is 0 Å². The summed E-state index contributed by atoms with van der Waals surface area (Å²) in [5, 5.41) is 0. The van der Waals surface area contributed by atoms with Crippen molar-refractivity contribution in [1.29, 1.82) is 0 Å². The van der Waals surface area contributed by atoms with Gasteiger partial charge in [-0.2, -0.15) is 0 Å². The molecule has 0 heterocycles. The quantitative estimate of drug-likeness (QED) is 0.324. The summed E-state index contributed by atoms with van der Waals surface area (Å²) in [4.78, 5) is 0. The van der Waals surface area contributed by atoms with Gasteiger partial charge in [0.2, 0.25) is 0 Å². The second kappa shape index (κ2) is 12.5. The molecule has 118 valence electrons. The monoisotopic (exact) mass is 288 g/mol. The van der Waals surface area contributed by atoms with Gasteiger partial charge in [0.15, 0.2) is 0 Å². The van der Waals surface area contributed by atoms with Crippen LogP contribution < -0.4 is 0 Å². The van der Waals surface area contributed by atoms with E-state index in [1.807, 2.05) is 6.26 Å². The van der Waals surface area contributed by atoms with Crippen LogP contribution in [0, 0.1) is 0 Å². The second-order valence-corrected chi connectivity index (χ2v) is 5.94. The molecule has 21 heavy (non-hydrogen) atoms. The van der Waals surface area contributed by atoms with Crippen molar-refractivity contribution in [2.45, 2.75) is 71.6 Å². The molecule has 0 N–H and O–H groups in total. The Kier molecular flexibility index (Phi) is 10.6. The summed E-state index contributed by atoms with van der Waals surface area (Å²) in [5.41, 5.74) is 2.72. The fraction of sp³-hybridized carbons (Fsp3) is 0.600. The first-order valence-corrected chi connectivity index (χ1v) is 8.64. The van der Waals surface area contributed by atoms with Gasteiger partial charge in [-0.05, 0) is 30.9 Å². The summed E-state index contributed by atoms with van der Waals surface area (Å²) in [5.74, 6) is 0. The predicted molar refractivity (Wildman–Crippen MR) is 92.5 cm³/mol. The Morgan fingerprint density at radius 2 is 1.62 bits per heavy atom. The molecule has 0 aliphatic rings. The lowest BCUT2D eigenvalue weighted by atomic mass is 10.1. The van der Waals surface area contributed by atoms with E-state index in [0.29, 0.717) is 0 Å². The van der Waals surface area contributed by atoms with Crippen LogP contribution in [0.3, 0.4) is 0 Å². The van der Waals surface area contributed by atoms with E-state index < -0.39 is 0 Å². The standard InChI is InChI=1S/C20H32O/c1-3-4-5-6-7-8-10-13-19(2)18-21-17-16-20-14-11-9-12-15-20/h9,11-12,14-15,18H,3-8,10,13,16-17H2,1-2H3/b19-18+. The normalized spacial score (nSPS) is 11.6. The van der Waals surface area contributed by atoms with Gasteiger partial charge in [0, 0.05) is 6.42 Å². The predicted octanol–water partition coefficient (Wildman–Crippen LogP) is 6.29. The number of hydrogen-bond donors (Lipinski definition) is 0. The Morgan fingerprint density at radius 1 is 0.952 bits per heavy atom. The van der Waals surface area contributed by atoms with Crippen molar-refractivity contribution < 1.29 is 4.74 Å². The van der Waals surface area contributed by atoms with Gasteiger partial charge in [0.05, 0.1) is 12.9 Å². The minimum absolute atomic E-state index is 0.776. The van der Waals surface area contributed by atoms with Gasteiger partial charge >= 0.3 is 0 Å². The molecule has 1 aromatic rings. The highest BCUT2D eigenvalue weighted by atomic mass is 16.5. The zero-order valence-corrected chi connectivity index (χ0v) is 13.9. The number of allylic oxidation sites excluding steroid dienone is 1. The highest BCUT2D eigenvalue weighted by Gasteiger charge is 1.94. The van der Waals surface area contributed by atoms with E-state index in [4.69, 9.17) is 4.74 Å². The van der Waals surface area contributed by atoms with Gasteiger partial charge in [0.25, 0.3) is 0 Å². The molecule has 0 aliphatic carbocycles. The van der Waals surface area contributed by atoms with Crippen molar-refractivity contribution in [3.05, 3.63) is 47.7 Å². The molecule has 1 aromatic carbocycles. The first-order valence-electron chi connectivity index (χ1n) is 8.64. The van der Waals surface area contributed by atoms with Crippen LogP contribution in [0.5, 0.6) is 0 Å². The summed E-state index contributed by atoms with van der Waals surface area (Å²) in [6.07, 6.45) is 13.7. The maximum absolute atomic E-state index is 5.65. The molecule has 0 aliphatic heterocycles. The highest BCUT2D eigenvalue weighted by molar-refractivity contribution is 5.14. The number of rotatable bonds is 12. The summed E-state index contributed by atoms with van der Waals surface area (Å²) in [7, 11) is 0. The van der Waals surface area contributed by atoms with Gasteiger partial charge in [0.1, 0.15) is 0 Å². The molecule has 1 nitrogen and oxygen atoms in total. The van der Waals surface area contributed by atoms with Crippen LogP contribution >= 0.6 is 0 Å². The minimum atomic E-state index is 0.776. The zero-order chi connectivity index (χ0) is 15.2. The van der Waals surface area contributed by atoms with E-state index in [1.165, 1.54) is 62.5 Å². The molecule has 0 saturated heterocycles. The first kappa shape index (κ1) is 17.8. The van der Waals surface area contributed by atoms with Crippen molar-refractivity contribution in [3.8, 4) is 0 Å². The Hall–Kier alpha value is -1.24. The van der Waals surface area contributed by atoms with E-state index >= 15 is 0 Å². The summed E-state index contributed by atoms with van der Waals surface area (Å²) < 4.78 is 5.65. The maximum Gasteiger partial charge on any atom is 0.0913 e. The first-order chi connectivity index (χ1) is 10.3. The molecule has 1 rings (SSSR count). The van der Waals surface area contributed by atoms with E-state index in [2.05, 4.69) is 44.2 Å². The lowest BCUT2D eigenvalue weighted by Crippen LogP contribution is -1.94. The van der Waals surface area contributed by atoms with E-state index in [9.17, 15) is 0 Å². The number of unbranched alkanes of at least 4 members (excludes halogenated alkanes) is 6. The van der Waals surface area contributed by atoms with Gasteiger partial charge < -0.3 is 4.74 Å². The average molecular weight is 288 g/mol. The molecular formula is C20H32O. The molecule has 0 spiro atoms. The van der Waals surface area contributed by atoms with Crippen LogP contribution in [0.25, 0.3) is 0 Å². The van der Waals surface area contributed by atoms with Crippen LogP contribution in [0.1, 0.15) is 70.8 Å². The number of ether oxygens (including phenoxy) is 1. The van der Waals surface area contributed by atoms with Crippen molar-refractivity contribution in [2.75, 3.05) is 6.61 Å². The summed E-state index contributed by atoms with van der Waals surface area (Å²) in [6, 6.07) is 10.5. The van der Waals surface area contributed by atoms with Crippen LogP contribution in [0.15, 0.2) is 42.2 Å². The molecule has 0 aromatic heterocycles. The summed E-state index contributed by atoms with van der Waals surface area (Å²) in [6.45, 7) is 5.23. The Morgan fingerprint density at radius 3 is 2.33 bits per heavy atom. The molecule has 0 fully saturated rings. The van der Waals surface area contributed by atoms with Crippen LogP contribution in [0.2, 0.25) is 0 Å². The minimum Gasteiger partial charge on any atom is -0.501 e. The fourth-order valence-corrected chi connectivity index (χ4v) is 2.44. The summed E-state index contributed by atoms with van der Waals surface area (Å²) >= 11 is 0. The topological polar surface area (TPSA) is 9.23 Å². The van der Waals surface area contributed by atoms with E-state index in [0.717, 1.165) is 13.0 Å². The molecule has 0 unspecified atom stereocenters. The van der Waals surface area contributed by atoms with Crippen molar-refractivity contribution in [3.63, 3.8) is 0 Å². The molecule has 0 amide bonds. The Labute approximate surface area is 131 Å². The highest BCUT2D eigenvalue weighted by Crippen LogP contribution is 2.12. The van der Waals surface area contributed by atoms with E-state index in [-0.39, 0.29) is 0 Å². The molecule has 0 atom stereocenters. The molecule has 1 heteroatoms. The maximum atomic E-state index is 5.65. The number of hydrogen-bond acceptors (Lipinski definition) is 1. The molecule has 0 bridgehead atoms. The third-order valence-corrected chi connectivity index (χ3v) is 3.81. The SMILES string of the molecule is CCCCCCCCC/C(C)=C/OCCc1ccccc1. The molecule has 0 radical (unpaired) electrons. The van der Waals surface area contributed by atoms with Crippen LogP contribution in [-0.4, -0.2) is 6.61 Å². The average Bonchev–Trinajstić information content (AvgIpc) is 2.52. The Balaban J connectivity index is 1.97. The third-order valence-electron chi connectivity index (χ3n) is 3.81. The Bertz CT molecular complexity index is 367.